The topological polar surface area (TPSA) is 9.23 Å². The zero-order chi connectivity index (χ0) is 8.39. The molecule has 2 aliphatic rings. The van der Waals surface area contributed by atoms with Gasteiger partial charge in [0.1, 0.15) is 0 Å². The summed E-state index contributed by atoms with van der Waals surface area (Å²) in [5.74, 6) is 1.95. The summed E-state index contributed by atoms with van der Waals surface area (Å²) in [6.07, 6.45) is 9.16. The van der Waals surface area contributed by atoms with Crippen molar-refractivity contribution in [1.29, 1.82) is 0 Å². The lowest BCUT2D eigenvalue weighted by Gasteiger charge is -2.38. The van der Waals surface area contributed by atoms with Crippen LogP contribution >= 0.6 is 0 Å². The molecule has 1 saturated heterocycles. The first kappa shape index (κ1) is 8.55. The fourth-order valence-corrected chi connectivity index (χ4v) is 2.59. The van der Waals surface area contributed by atoms with Crippen molar-refractivity contribution in [1.82, 2.24) is 0 Å². The fourth-order valence-electron chi connectivity index (χ4n) is 2.59. The van der Waals surface area contributed by atoms with Gasteiger partial charge in [0.05, 0.1) is 6.10 Å². The lowest BCUT2D eigenvalue weighted by Crippen LogP contribution is -2.36. The highest BCUT2D eigenvalue weighted by atomic mass is 16.5. The van der Waals surface area contributed by atoms with E-state index in [0.717, 1.165) is 18.4 Å². The average molecular weight is 168 g/mol. The lowest BCUT2D eigenvalue weighted by atomic mass is 9.77. The van der Waals surface area contributed by atoms with E-state index in [1.165, 1.54) is 38.5 Å². The van der Waals surface area contributed by atoms with E-state index in [2.05, 4.69) is 6.92 Å². The molecule has 0 aromatic carbocycles. The van der Waals surface area contributed by atoms with Crippen molar-refractivity contribution in [2.75, 3.05) is 6.61 Å². The first-order valence-corrected chi connectivity index (χ1v) is 5.51. The van der Waals surface area contributed by atoms with Crippen molar-refractivity contribution in [2.24, 2.45) is 11.8 Å². The smallest absolute Gasteiger partial charge is 0.0625 e. The molecule has 0 N–H and O–H groups in total. The van der Waals surface area contributed by atoms with Crippen LogP contribution in [0.4, 0.5) is 0 Å². The van der Waals surface area contributed by atoms with Crippen LogP contribution in [-0.4, -0.2) is 12.7 Å². The summed E-state index contributed by atoms with van der Waals surface area (Å²) in [7, 11) is 0. The van der Waals surface area contributed by atoms with Crippen molar-refractivity contribution in [3.8, 4) is 0 Å². The van der Waals surface area contributed by atoms with Crippen LogP contribution in [0.1, 0.15) is 45.4 Å². The Morgan fingerprint density at radius 1 is 1.08 bits per heavy atom. The van der Waals surface area contributed by atoms with Crippen molar-refractivity contribution in [3.05, 3.63) is 0 Å². The first-order chi connectivity index (χ1) is 5.90. The van der Waals surface area contributed by atoms with E-state index in [1.54, 1.807) is 0 Å². The lowest BCUT2D eigenvalue weighted by molar-refractivity contribution is -0.0946. The fraction of sp³-hybridized carbons (Fsp3) is 1.00. The minimum atomic E-state index is 0.655. The van der Waals surface area contributed by atoms with Crippen molar-refractivity contribution >= 4 is 0 Å². The van der Waals surface area contributed by atoms with Gasteiger partial charge < -0.3 is 4.74 Å². The van der Waals surface area contributed by atoms with Gasteiger partial charge in [-0.2, -0.15) is 0 Å². The van der Waals surface area contributed by atoms with E-state index in [9.17, 15) is 0 Å². The maximum atomic E-state index is 5.54. The highest BCUT2D eigenvalue weighted by Gasteiger charge is 2.31. The van der Waals surface area contributed by atoms with Gasteiger partial charge >= 0.3 is 0 Å². The zero-order valence-corrected chi connectivity index (χ0v) is 8.09. The first-order valence-electron chi connectivity index (χ1n) is 5.51. The predicted octanol–water partition coefficient (Wildman–Crippen LogP) is 2.99. The number of ether oxygens (including phenoxy) is 1. The maximum absolute atomic E-state index is 5.54. The summed E-state index contributed by atoms with van der Waals surface area (Å²) in [5, 5.41) is 0. The van der Waals surface area contributed by atoms with Crippen LogP contribution in [-0.2, 0) is 4.74 Å². The van der Waals surface area contributed by atoms with E-state index in [1.807, 2.05) is 0 Å². The van der Waals surface area contributed by atoms with Gasteiger partial charge in [-0.05, 0) is 31.1 Å². The van der Waals surface area contributed by atoms with Crippen LogP contribution in [0.2, 0.25) is 0 Å². The molecule has 1 heterocycles. The third-order valence-corrected chi connectivity index (χ3v) is 3.73. The summed E-state index contributed by atoms with van der Waals surface area (Å²) in [4.78, 5) is 0. The van der Waals surface area contributed by atoms with Gasteiger partial charge in [-0.15, -0.1) is 0 Å². The van der Waals surface area contributed by atoms with Crippen LogP contribution in [0.25, 0.3) is 0 Å². The van der Waals surface area contributed by atoms with Crippen LogP contribution in [0.15, 0.2) is 0 Å². The number of hydrogen-bond acceptors (Lipinski definition) is 1. The van der Waals surface area contributed by atoms with Crippen molar-refractivity contribution in [3.63, 3.8) is 0 Å². The molecule has 1 aliphatic heterocycles. The predicted molar refractivity (Wildman–Crippen MR) is 50.1 cm³/mol. The van der Waals surface area contributed by atoms with Crippen LogP contribution in [0.5, 0.6) is 0 Å². The second kappa shape index (κ2) is 3.78. The minimum Gasteiger partial charge on any atom is -0.378 e. The monoisotopic (exact) mass is 168 g/mol. The Hall–Kier alpha value is -0.0400. The molecule has 1 saturated carbocycles. The molecule has 1 aliphatic carbocycles. The molecular weight excluding hydrogens is 148 g/mol. The van der Waals surface area contributed by atoms with Crippen molar-refractivity contribution < 1.29 is 4.74 Å². The summed E-state index contributed by atoms with van der Waals surface area (Å²) < 4.78 is 5.54. The minimum absolute atomic E-state index is 0.655. The number of hydrogen-bond donors (Lipinski definition) is 0. The Kier molecular flexibility index (Phi) is 2.69. The van der Waals surface area contributed by atoms with Gasteiger partial charge in [0.25, 0.3) is 0 Å². The van der Waals surface area contributed by atoms with E-state index in [0.29, 0.717) is 6.10 Å². The molecule has 1 heteroatoms. The van der Waals surface area contributed by atoms with Gasteiger partial charge in [-0.1, -0.05) is 26.2 Å². The summed E-state index contributed by atoms with van der Waals surface area (Å²) >= 11 is 0. The van der Waals surface area contributed by atoms with Gasteiger partial charge in [0.2, 0.25) is 0 Å². The Bertz CT molecular complexity index is 132. The summed E-state index contributed by atoms with van der Waals surface area (Å²) in [5.41, 5.74) is 0. The van der Waals surface area contributed by atoms with E-state index < -0.39 is 0 Å². The molecule has 0 bridgehead atoms. The normalized spacial score (nSPS) is 42.2. The SMILES string of the molecule is CCC1CCC(C2CCO2)CC1. The van der Waals surface area contributed by atoms with E-state index in [4.69, 9.17) is 4.74 Å². The van der Waals surface area contributed by atoms with E-state index in [-0.39, 0.29) is 0 Å². The van der Waals surface area contributed by atoms with Crippen LogP contribution in [0, 0.1) is 11.8 Å². The second-order valence-corrected chi connectivity index (χ2v) is 4.39. The molecule has 0 radical (unpaired) electrons. The summed E-state index contributed by atoms with van der Waals surface area (Å²) in [6, 6.07) is 0. The molecule has 1 atom stereocenters. The molecule has 0 amide bonds. The van der Waals surface area contributed by atoms with Crippen LogP contribution in [0.3, 0.4) is 0 Å². The molecule has 0 aromatic heterocycles. The van der Waals surface area contributed by atoms with Gasteiger partial charge in [-0.25, -0.2) is 0 Å². The Balaban J connectivity index is 1.74. The average Bonchev–Trinajstić information content (AvgIpc) is 2.03. The Morgan fingerprint density at radius 3 is 2.17 bits per heavy atom. The third-order valence-electron chi connectivity index (χ3n) is 3.73. The zero-order valence-electron chi connectivity index (χ0n) is 8.09. The van der Waals surface area contributed by atoms with Crippen molar-refractivity contribution in [2.45, 2.75) is 51.6 Å². The quantitative estimate of drug-likeness (QED) is 0.616. The molecule has 0 aromatic rings. The standard InChI is InChI=1S/C11H20O/c1-2-9-3-5-10(6-4-9)11-7-8-12-11/h9-11H,2-8H2,1H3. The molecular formula is C11H20O. The number of rotatable bonds is 2. The molecule has 12 heavy (non-hydrogen) atoms. The van der Waals surface area contributed by atoms with Crippen LogP contribution < -0.4 is 0 Å². The highest BCUT2D eigenvalue weighted by Crippen LogP contribution is 2.36. The molecule has 70 valence electrons. The van der Waals surface area contributed by atoms with Gasteiger partial charge in [0.15, 0.2) is 0 Å². The Labute approximate surface area is 75.5 Å². The molecule has 1 unspecified atom stereocenters. The van der Waals surface area contributed by atoms with Gasteiger partial charge in [0, 0.05) is 6.61 Å². The largest absolute Gasteiger partial charge is 0.378 e. The molecule has 1 nitrogen and oxygen atoms in total. The third kappa shape index (κ3) is 1.66. The van der Waals surface area contributed by atoms with Gasteiger partial charge in [-0.3, -0.25) is 0 Å². The Morgan fingerprint density at radius 2 is 1.75 bits per heavy atom. The molecule has 2 fully saturated rings. The van der Waals surface area contributed by atoms with E-state index >= 15 is 0 Å². The molecule has 2 rings (SSSR count). The maximum Gasteiger partial charge on any atom is 0.0625 e. The highest BCUT2D eigenvalue weighted by molar-refractivity contribution is 4.81. The molecule has 0 spiro atoms. The second-order valence-electron chi connectivity index (χ2n) is 4.39. The summed E-state index contributed by atoms with van der Waals surface area (Å²) in [6.45, 7) is 3.35.